The predicted octanol–water partition coefficient (Wildman–Crippen LogP) is 2.53. The van der Waals surface area contributed by atoms with Gasteiger partial charge in [-0.2, -0.15) is 0 Å². The first kappa shape index (κ1) is 14.6. The lowest BCUT2D eigenvalue weighted by atomic mass is 9.98. The lowest BCUT2D eigenvalue weighted by Gasteiger charge is -2.31. The summed E-state index contributed by atoms with van der Waals surface area (Å²) in [5.41, 5.74) is 1.88. The average molecular weight is 298 g/mol. The molecule has 0 radical (unpaired) electrons. The van der Waals surface area contributed by atoms with Crippen molar-refractivity contribution in [2.75, 3.05) is 13.1 Å². The number of hydrogen-bond donors (Lipinski definition) is 2. The molecule has 116 valence electrons. The predicted molar refractivity (Wildman–Crippen MR) is 87.9 cm³/mol. The zero-order valence-corrected chi connectivity index (χ0v) is 13.1. The molecule has 1 aliphatic heterocycles. The molecule has 1 saturated heterocycles. The highest BCUT2D eigenvalue weighted by molar-refractivity contribution is 5.97. The van der Waals surface area contributed by atoms with Gasteiger partial charge in [0.1, 0.15) is 11.4 Å². The Morgan fingerprint density at radius 3 is 2.50 bits per heavy atom. The number of rotatable bonds is 2. The fraction of sp³-hybridized carbons (Fsp3) is 0.412. The quantitative estimate of drug-likeness (QED) is 0.661. The maximum atomic E-state index is 12.7. The molecule has 1 aliphatic rings. The van der Waals surface area contributed by atoms with Gasteiger partial charge < -0.3 is 4.90 Å². The van der Waals surface area contributed by atoms with Crippen LogP contribution in [0, 0.1) is 18.3 Å². The fourth-order valence-corrected chi connectivity index (χ4v) is 2.97. The number of piperidine rings is 1. The maximum Gasteiger partial charge on any atom is 0.282 e. The highest BCUT2D eigenvalue weighted by Gasteiger charge is 2.24. The van der Waals surface area contributed by atoms with Crippen LogP contribution in [0.4, 0.5) is 0 Å². The van der Waals surface area contributed by atoms with Gasteiger partial charge in [0.25, 0.3) is 5.56 Å². The van der Waals surface area contributed by atoms with Crippen molar-refractivity contribution in [2.45, 2.75) is 26.7 Å². The third-order valence-corrected chi connectivity index (χ3v) is 4.42. The number of likely N-dealkylation sites (tertiary alicyclic amines) is 1. The van der Waals surface area contributed by atoms with E-state index in [4.69, 9.17) is 5.41 Å². The van der Waals surface area contributed by atoms with Crippen LogP contribution in [0.2, 0.25) is 0 Å². The first-order valence-corrected chi connectivity index (χ1v) is 7.79. The summed E-state index contributed by atoms with van der Waals surface area (Å²) < 4.78 is 1.52. The molecule has 1 fully saturated rings. The Hall–Kier alpha value is -2.30. The van der Waals surface area contributed by atoms with Gasteiger partial charge in [-0.1, -0.05) is 25.1 Å². The Morgan fingerprint density at radius 2 is 1.86 bits per heavy atom. The lowest BCUT2D eigenvalue weighted by Crippen LogP contribution is -2.40. The van der Waals surface area contributed by atoms with Crippen molar-refractivity contribution in [2.24, 2.45) is 5.92 Å². The number of para-hydroxylation sites is 1. The van der Waals surface area contributed by atoms with Crippen molar-refractivity contribution in [3.05, 3.63) is 51.9 Å². The van der Waals surface area contributed by atoms with E-state index in [2.05, 4.69) is 12.0 Å². The molecule has 5 heteroatoms. The van der Waals surface area contributed by atoms with Crippen LogP contribution in [0.5, 0.6) is 0 Å². The SMILES string of the molecule is Cc1[nH]n(-c2ccccc2)c(=O)c1C(=N)N1CCC(C)CC1. The normalized spacial score (nSPS) is 16.0. The Bertz CT molecular complexity index is 721. The summed E-state index contributed by atoms with van der Waals surface area (Å²) >= 11 is 0. The second-order valence-electron chi connectivity index (χ2n) is 6.11. The van der Waals surface area contributed by atoms with Gasteiger partial charge in [0.15, 0.2) is 0 Å². The number of amidine groups is 1. The molecule has 0 spiro atoms. The van der Waals surface area contributed by atoms with E-state index in [0.29, 0.717) is 17.3 Å². The molecule has 22 heavy (non-hydrogen) atoms. The minimum absolute atomic E-state index is 0.146. The fourth-order valence-electron chi connectivity index (χ4n) is 2.97. The van der Waals surface area contributed by atoms with Crippen molar-refractivity contribution in [3.63, 3.8) is 0 Å². The third kappa shape index (κ3) is 2.58. The Morgan fingerprint density at radius 1 is 1.23 bits per heavy atom. The second kappa shape index (κ2) is 5.83. The molecule has 2 heterocycles. The second-order valence-corrected chi connectivity index (χ2v) is 6.11. The van der Waals surface area contributed by atoms with E-state index < -0.39 is 0 Å². The van der Waals surface area contributed by atoms with Gasteiger partial charge in [0, 0.05) is 18.8 Å². The molecule has 3 rings (SSSR count). The largest absolute Gasteiger partial charge is 0.356 e. The van der Waals surface area contributed by atoms with E-state index in [1.165, 1.54) is 4.68 Å². The summed E-state index contributed by atoms with van der Waals surface area (Å²) in [6, 6.07) is 9.48. The Labute approximate surface area is 130 Å². The number of aryl methyl sites for hydroxylation is 1. The maximum absolute atomic E-state index is 12.7. The molecular weight excluding hydrogens is 276 g/mol. The van der Waals surface area contributed by atoms with E-state index in [1.807, 2.05) is 42.2 Å². The van der Waals surface area contributed by atoms with Crippen LogP contribution >= 0.6 is 0 Å². The molecule has 2 aromatic rings. The first-order chi connectivity index (χ1) is 10.6. The molecule has 0 atom stereocenters. The summed E-state index contributed by atoms with van der Waals surface area (Å²) in [7, 11) is 0. The van der Waals surface area contributed by atoms with E-state index >= 15 is 0 Å². The Kier molecular flexibility index (Phi) is 3.88. The van der Waals surface area contributed by atoms with Gasteiger partial charge in [-0.15, -0.1) is 0 Å². The number of aromatic amines is 1. The average Bonchev–Trinajstić information content (AvgIpc) is 2.83. The summed E-state index contributed by atoms with van der Waals surface area (Å²) in [4.78, 5) is 14.7. The van der Waals surface area contributed by atoms with Gasteiger partial charge >= 0.3 is 0 Å². The summed E-state index contributed by atoms with van der Waals surface area (Å²) in [6.07, 6.45) is 2.16. The molecule has 0 saturated carbocycles. The van der Waals surface area contributed by atoms with Crippen LogP contribution in [0.3, 0.4) is 0 Å². The highest BCUT2D eigenvalue weighted by Crippen LogP contribution is 2.18. The van der Waals surface area contributed by atoms with Crippen LogP contribution in [0.15, 0.2) is 35.1 Å². The Balaban J connectivity index is 1.93. The number of nitrogens with zero attached hydrogens (tertiary/aromatic N) is 2. The van der Waals surface area contributed by atoms with E-state index in [1.54, 1.807) is 0 Å². The first-order valence-electron chi connectivity index (χ1n) is 7.79. The monoisotopic (exact) mass is 298 g/mol. The van der Waals surface area contributed by atoms with Crippen LogP contribution in [-0.2, 0) is 0 Å². The molecule has 0 unspecified atom stereocenters. The van der Waals surface area contributed by atoms with Crippen molar-refractivity contribution < 1.29 is 0 Å². The number of benzene rings is 1. The minimum Gasteiger partial charge on any atom is -0.356 e. The number of H-pyrrole nitrogens is 1. The van der Waals surface area contributed by atoms with Crippen LogP contribution in [-0.4, -0.2) is 33.6 Å². The van der Waals surface area contributed by atoms with Gasteiger partial charge in [0.05, 0.1) is 5.69 Å². The van der Waals surface area contributed by atoms with Gasteiger partial charge in [-0.25, -0.2) is 4.68 Å². The van der Waals surface area contributed by atoms with Crippen LogP contribution in [0.25, 0.3) is 5.69 Å². The van der Waals surface area contributed by atoms with Gasteiger partial charge in [-0.05, 0) is 37.8 Å². The molecule has 0 aliphatic carbocycles. The van der Waals surface area contributed by atoms with E-state index in [-0.39, 0.29) is 5.56 Å². The molecule has 1 aromatic carbocycles. The number of nitrogens with one attached hydrogen (secondary N) is 2. The van der Waals surface area contributed by atoms with E-state index in [0.717, 1.165) is 37.3 Å². The molecule has 2 N–H and O–H groups in total. The summed E-state index contributed by atoms with van der Waals surface area (Å²) in [6.45, 7) is 5.81. The topological polar surface area (TPSA) is 64.9 Å². The molecule has 0 bridgehead atoms. The minimum atomic E-state index is -0.146. The van der Waals surface area contributed by atoms with Gasteiger partial charge in [-0.3, -0.25) is 15.3 Å². The zero-order valence-electron chi connectivity index (χ0n) is 13.1. The number of hydrogen-bond acceptors (Lipinski definition) is 2. The lowest BCUT2D eigenvalue weighted by molar-refractivity contribution is 0.279. The number of aromatic nitrogens is 2. The molecular formula is C17H22N4O. The van der Waals surface area contributed by atoms with Crippen LogP contribution < -0.4 is 5.56 Å². The molecule has 5 nitrogen and oxygen atoms in total. The molecule has 0 amide bonds. The third-order valence-electron chi connectivity index (χ3n) is 4.42. The van der Waals surface area contributed by atoms with Gasteiger partial charge in [0.2, 0.25) is 0 Å². The van der Waals surface area contributed by atoms with Crippen molar-refractivity contribution in [1.29, 1.82) is 5.41 Å². The smallest absolute Gasteiger partial charge is 0.282 e. The zero-order chi connectivity index (χ0) is 15.7. The van der Waals surface area contributed by atoms with Crippen LogP contribution in [0.1, 0.15) is 31.0 Å². The van der Waals surface area contributed by atoms with Crippen molar-refractivity contribution in [3.8, 4) is 5.69 Å². The van der Waals surface area contributed by atoms with E-state index in [9.17, 15) is 4.79 Å². The summed E-state index contributed by atoms with van der Waals surface area (Å²) in [5, 5.41) is 11.5. The highest BCUT2D eigenvalue weighted by atomic mass is 16.1. The van der Waals surface area contributed by atoms with Crippen molar-refractivity contribution >= 4 is 5.84 Å². The summed E-state index contributed by atoms with van der Waals surface area (Å²) in [5.74, 6) is 1.05. The standard InChI is InChI=1S/C17H22N4O/c1-12-8-10-20(11-9-12)16(18)15-13(2)19-21(17(15)22)14-6-4-3-5-7-14/h3-7,12,18-19H,8-11H2,1-2H3. The molecule has 1 aromatic heterocycles. The van der Waals surface area contributed by atoms with Crippen molar-refractivity contribution in [1.82, 2.24) is 14.7 Å².